The molecule has 0 saturated carbocycles. The summed E-state index contributed by atoms with van der Waals surface area (Å²) in [6.07, 6.45) is 0. The summed E-state index contributed by atoms with van der Waals surface area (Å²) in [4.78, 5) is 21.5. The van der Waals surface area contributed by atoms with Crippen molar-refractivity contribution in [2.75, 3.05) is 37.6 Å². The van der Waals surface area contributed by atoms with Gasteiger partial charge in [0.2, 0.25) is 0 Å². The van der Waals surface area contributed by atoms with E-state index in [-0.39, 0.29) is 5.56 Å². The van der Waals surface area contributed by atoms with Gasteiger partial charge < -0.3 is 4.90 Å². The van der Waals surface area contributed by atoms with Crippen LogP contribution >= 0.6 is 11.3 Å². The van der Waals surface area contributed by atoms with Gasteiger partial charge in [0.15, 0.2) is 10.9 Å². The molecular formula is C19H25N7OS. The summed E-state index contributed by atoms with van der Waals surface area (Å²) in [6, 6.07) is 5.30. The van der Waals surface area contributed by atoms with Crippen LogP contribution in [-0.2, 0) is 6.54 Å². The molecular weight excluding hydrogens is 374 g/mol. The molecule has 1 fully saturated rings. The minimum Gasteiger partial charge on any atom is -0.346 e. The highest BCUT2D eigenvalue weighted by molar-refractivity contribution is 7.13. The van der Waals surface area contributed by atoms with Gasteiger partial charge in [-0.1, -0.05) is 0 Å². The quantitative estimate of drug-likeness (QED) is 0.649. The topological polar surface area (TPSA) is 72.1 Å². The number of hydrogen-bond acceptors (Lipinski definition) is 7. The molecule has 0 N–H and O–H groups in total. The summed E-state index contributed by atoms with van der Waals surface area (Å²) in [6.45, 7) is 11.2. The molecule has 0 aliphatic carbocycles. The number of rotatable bonds is 5. The molecule has 4 rings (SSSR count). The molecule has 0 aromatic carbocycles. The largest absolute Gasteiger partial charge is 0.346 e. The van der Waals surface area contributed by atoms with Gasteiger partial charge in [-0.05, 0) is 32.9 Å². The molecule has 28 heavy (non-hydrogen) atoms. The zero-order valence-electron chi connectivity index (χ0n) is 16.5. The summed E-state index contributed by atoms with van der Waals surface area (Å²) < 4.78 is 3.32. The molecule has 0 atom stereocenters. The van der Waals surface area contributed by atoms with Gasteiger partial charge in [-0.3, -0.25) is 9.69 Å². The normalized spacial score (nSPS) is 15.3. The van der Waals surface area contributed by atoms with Crippen molar-refractivity contribution in [1.29, 1.82) is 0 Å². The van der Waals surface area contributed by atoms with Crippen LogP contribution in [0.5, 0.6) is 0 Å². The number of anilines is 1. The first-order valence-electron chi connectivity index (χ1n) is 9.51. The first-order chi connectivity index (χ1) is 13.5. The van der Waals surface area contributed by atoms with Gasteiger partial charge >= 0.3 is 0 Å². The van der Waals surface area contributed by atoms with Crippen molar-refractivity contribution in [3.63, 3.8) is 0 Å². The zero-order chi connectivity index (χ0) is 19.7. The predicted octanol–water partition coefficient (Wildman–Crippen LogP) is 1.63. The SMILES string of the molecule is Cc1csc(N2CCN(CCn3nc(-n4nc(C)cc4C)ccc3=O)CC2)n1. The van der Waals surface area contributed by atoms with Crippen LogP contribution < -0.4 is 10.5 Å². The molecule has 3 aromatic rings. The van der Waals surface area contributed by atoms with E-state index in [0.717, 1.165) is 54.9 Å². The molecule has 0 bridgehead atoms. The molecule has 4 heterocycles. The molecule has 148 valence electrons. The van der Waals surface area contributed by atoms with Gasteiger partial charge in [-0.15, -0.1) is 16.4 Å². The number of aromatic nitrogens is 5. The highest BCUT2D eigenvalue weighted by Gasteiger charge is 2.19. The van der Waals surface area contributed by atoms with Crippen molar-refractivity contribution in [2.45, 2.75) is 27.3 Å². The van der Waals surface area contributed by atoms with Gasteiger partial charge in [0.05, 0.1) is 17.9 Å². The predicted molar refractivity (Wildman–Crippen MR) is 111 cm³/mol. The Hall–Kier alpha value is -2.52. The number of nitrogens with zero attached hydrogens (tertiary/aromatic N) is 7. The van der Waals surface area contributed by atoms with Gasteiger partial charge in [0, 0.05) is 49.9 Å². The molecule has 0 unspecified atom stereocenters. The molecule has 0 radical (unpaired) electrons. The van der Waals surface area contributed by atoms with E-state index >= 15 is 0 Å². The minimum atomic E-state index is -0.0813. The first kappa shape index (κ1) is 18.8. The van der Waals surface area contributed by atoms with Gasteiger partial charge in [0.1, 0.15) is 0 Å². The average Bonchev–Trinajstić information content (AvgIpc) is 3.26. The monoisotopic (exact) mass is 399 g/mol. The van der Waals surface area contributed by atoms with Crippen LogP contribution in [0.4, 0.5) is 5.13 Å². The summed E-state index contributed by atoms with van der Waals surface area (Å²) in [5.41, 5.74) is 2.94. The highest BCUT2D eigenvalue weighted by atomic mass is 32.1. The van der Waals surface area contributed by atoms with E-state index in [9.17, 15) is 4.79 Å². The molecule has 1 saturated heterocycles. The fraction of sp³-hybridized carbons (Fsp3) is 0.474. The van der Waals surface area contributed by atoms with Crippen molar-refractivity contribution in [1.82, 2.24) is 29.4 Å². The smallest absolute Gasteiger partial charge is 0.266 e. The lowest BCUT2D eigenvalue weighted by Gasteiger charge is -2.34. The standard InChI is InChI=1S/C19H25N7OS/c1-14-12-16(3)26(21-14)17-4-5-18(27)25(22-17)11-8-23-6-9-24(10-7-23)19-20-15(2)13-28-19/h4-5,12-13H,6-11H2,1-3H3. The van der Waals surface area contributed by atoms with E-state index in [2.05, 4.69) is 30.4 Å². The fourth-order valence-electron chi connectivity index (χ4n) is 3.46. The lowest BCUT2D eigenvalue weighted by atomic mass is 10.3. The fourth-order valence-corrected chi connectivity index (χ4v) is 4.31. The Kier molecular flexibility index (Phi) is 5.27. The Labute approximate surface area is 168 Å². The summed E-state index contributed by atoms with van der Waals surface area (Å²) >= 11 is 1.70. The molecule has 0 spiro atoms. The maximum absolute atomic E-state index is 12.2. The van der Waals surface area contributed by atoms with Crippen LogP contribution in [0.1, 0.15) is 17.1 Å². The molecule has 8 nitrogen and oxygen atoms in total. The van der Waals surface area contributed by atoms with Crippen molar-refractivity contribution in [3.8, 4) is 5.82 Å². The van der Waals surface area contributed by atoms with E-state index in [1.165, 1.54) is 0 Å². The van der Waals surface area contributed by atoms with Gasteiger partial charge in [-0.2, -0.15) is 5.10 Å². The van der Waals surface area contributed by atoms with Crippen molar-refractivity contribution >= 4 is 16.5 Å². The number of aryl methyl sites for hydroxylation is 3. The van der Waals surface area contributed by atoms with Crippen LogP contribution in [0.3, 0.4) is 0 Å². The first-order valence-corrected chi connectivity index (χ1v) is 10.4. The Morgan fingerprint density at radius 1 is 1.00 bits per heavy atom. The van der Waals surface area contributed by atoms with Crippen molar-refractivity contribution in [3.05, 3.63) is 51.0 Å². The van der Waals surface area contributed by atoms with Gasteiger partial charge in [0.25, 0.3) is 5.56 Å². The van der Waals surface area contributed by atoms with Crippen molar-refractivity contribution < 1.29 is 0 Å². The Morgan fingerprint density at radius 2 is 1.79 bits per heavy atom. The summed E-state index contributed by atoms with van der Waals surface area (Å²) in [7, 11) is 0. The molecule has 1 aliphatic heterocycles. The average molecular weight is 400 g/mol. The lowest BCUT2D eigenvalue weighted by Crippen LogP contribution is -2.47. The molecule has 0 amide bonds. The van der Waals surface area contributed by atoms with Crippen LogP contribution in [0.2, 0.25) is 0 Å². The molecule has 3 aromatic heterocycles. The third-order valence-corrected chi connectivity index (χ3v) is 5.98. The second-order valence-corrected chi connectivity index (χ2v) is 8.03. The third kappa shape index (κ3) is 4.00. The van der Waals surface area contributed by atoms with Crippen molar-refractivity contribution in [2.24, 2.45) is 0 Å². The second kappa shape index (κ2) is 7.84. The number of thiazole rings is 1. The van der Waals surface area contributed by atoms with E-state index < -0.39 is 0 Å². The highest BCUT2D eigenvalue weighted by Crippen LogP contribution is 2.21. The maximum atomic E-state index is 12.2. The van der Waals surface area contributed by atoms with E-state index in [1.807, 2.05) is 26.8 Å². The minimum absolute atomic E-state index is 0.0813. The van der Waals surface area contributed by atoms with Gasteiger partial charge in [-0.25, -0.2) is 14.3 Å². The molecule has 9 heteroatoms. The number of piperazine rings is 1. The van der Waals surface area contributed by atoms with E-state index in [1.54, 1.807) is 32.8 Å². The summed E-state index contributed by atoms with van der Waals surface area (Å²) in [5.74, 6) is 0.675. The Balaban J connectivity index is 1.38. The van der Waals surface area contributed by atoms with Crippen LogP contribution in [-0.4, -0.2) is 62.2 Å². The second-order valence-electron chi connectivity index (χ2n) is 7.19. The third-order valence-electron chi connectivity index (χ3n) is 4.96. The molecule has 1 aliphatic rings. The zero-order valence-corrected chi connectivity index (χ0v) is 17.3. The van der Waals surface area contributed by atoms with E-state index in [4.69, 9.17) is 0 Å². The maximum Gasteiger partial charge on any atom is 0.266 e. The van der Waals surface area contributed by atoms with Crippen LogP contribution in [0.15, 0.2) is 28.4 Å². The Bertz CT molecular complexity index is 1010. The van der Waals surface area contributed by atoms with Crippen LogP contribution in [0, 0.1) is 20.8 Å². The summed E-state index contributed by atoms with van der Waals surface area (Å²) in [5, 5.41) is 12.2. The number of hydrogen-bond donors (Lipinski definition) is 0. The Morgan fingerprint density at radius 3 is 2.43 bits per heavy atom. The van der Waals surface area contributed by atoms with Crippen LogP contribution in [0.25, 0.3) is 5.82 Å². The van der Waals surface area contributed by atoms with E-state index in [0.29, 0.717) is 12.4 Å². The lowest BCUT2D eigenvalue weighted by molar-refractivity contribution is 0.242.